The van der Waals surface area contributed by atoms with Crippen LogP contribution in [0.5, 0.6) is 5.75 Å². The fourth-order valence-corrected chi connectivity index (χ4v) is 2.03. The minimum atomic E-state index is 0.198. The summed E-state index contributed by atoms with van der Waals surface area (Å²) in [5.74, 6) is 0.377. The lowest BCUT2D eigenvalue weighted by molar-refractivity contribution is 0.267. The lowest BCUT2D eigenvalue weighted by Crippen LogP contribution is -2.28. The SMILES string of the molecule is CC(NCCCCN(C)C(C)C)c1ccccc1O. The van der Waals surface area contributed by atoms with Crippen LogP contribution in [0.4, 0.5) is 0 Å². The first kappa shape index (κ1) is 16.0. The van der Waals surface area contributed by atoms with Crippen LogP contribution in [0.2, 0.25) is 0 Å². The molecule has 0 aliphatic rings. The molecule has 0 radical (unpaired) electrons. The topological polar surface area (TPSA) is 35.5 Å². The predicted octanol–water partition coefficient (Wildman–Crippen LogP) is 3.16. The second kappa shape index (κ2) is 8.18. The third-order valence-electron chi connectivity index (χ3n) is 3.67. The van der Waals surface area contributed by atoms with E-state index in [1.165, 1.54) is 6.42 Å². The van der Waals surface area contributed by atoms with Crippen LogP contribution in [0.3, 0.4) is 0 Å². The zero-order chi connectivity index (χ0) is 14.3. The molecule has 1 unspecified atom stereocenters. The highest BCUT2D eigenvalue weighted by atomic mass is 16.3. The molecule has 108 valence electrons. The van der Waals surface area contributed by atoms with E-state index in [0.29, 0.717) is 11.8 Å². The first-order valence-corrected chi connectivity index (χ1v) is 7.24. The molecule has 0 saturated heterocycles. The van der Waals surface area contributed by atoms with Gasteiger partial charge in [0.2, 0.25) is 0 Å². The Labute approximate surface area is 117 Å². The van der Waals surface area contributed by atoms with Crippen molar-refractivity contribution in [3.05, 3.63) is 29.8 Å². The third-order valence-corrected chi connectivity index (χ3v) is 3.67. The highest BCUT2D eigenvalue weighted by Crippen LogP contribution is 2.22. The molecule has 3 heteroatoms. The van der Waals surface area contributed by atoms with Gasteiger partial charge >= 0.3 is 0 Å². The fourth-order valence-electron chi connectivity index (χ4n) is 2.03. The number of nitrogens with zero attached hydrogens (tertiary/aromatic N) is 1. The van der Waals surface area contributed by atoms with Crippen molar-refractivity contribution in [1.29, 1.82) is 0 Å². The van der Waals surface area contributed by atoms with Crippen LogP contribution in [0.1, 0.15) is 45.2 Å². The zero-order valence-electron chi connectivity index (χ0n) is 12.7. The monoisotopic (exact) mass is 264 g/mol. The smallest absolute Gasteiger partial charge is 0.120 e. The number of para-hydroxylation sites is 1. The number of hydrogen-bond donors (Lipinski definition) is 2. The van der Waals surface area contributed by atoms with E-state index >= 15 is 0 Å². The van der Waals surface area contributed by atoms with Crippen molar-refractivity contribution >= 4 is 0 Å². The van der Waals surface area contributed by atoms with Gasteiger partial charge in [0.1, 0.15) is 5.75 Å². The zero-order valence-corrected chi connectivity index (χ0v) is 12.7. The van der Waals surface area contributed by atoms with E-state index in [2.05, 4.69) is 38.0 Å². The van der Waals surface area contributed by atoms with E-state index < -0.39 is 0 Å². The number of unbranched alkanes of at least 4 members (excludes halogenated alkanes) is 1. The van der Waals surface area contributed by atoms with E-state index in [4.69, 9.17) is 0 Å². The van der Waals surface area contributed by atoms with Gasteiger partial charge in [0, 0.05) is 17.6 Å². The standard InChI is InChI=1S/C16H28N2O/c1-13(2)18(4)12-8-7-11-17-14(3)15-9-5-6-10-16(15)19/h5-6,9-10,13-14,17,19H,7-8,11-12H2,1-4H3. The van der Waals surface area contributed by atoms with Crippen LogP contribution in [-0.2, 0) is 0 Å². The van der Waals surface area contributed by atoms with Crippen molar-refractivity contribution in [2.45, 2.75) is 45.7 Å². The highest BCUT2D eigenvalue weighted by Gasteiger charge is 2.08. The molecule has 19 heavy (non-hydrogen) atoms. The summed E-state index contributed by atoms with van der Waals surface area (Å²) < 4.78 is 0. The van der Waals surface area contributed by atoms with Gasteiger partial charge in [0.05, 0.1) is 0 Å². The summed E-state index contributed by atoms with van der Waals surface area (Å²) >= 11 is 0. The van der Waals surface area contributed by atoms with Gasteiger partial charge in [-0.25, -0.2) is 0 Å². The van der Waals surface area contributed by atoms with Gasteiger partial charge in [-0.15, -0.1) is 0 Å². The Morgan fingerprint density at radius 1 is 1.16 bits per heavy atom. The number of nitrogens with one attached hydrogen (secondary N) is 1. The van der Waals surface area contributed by atoms with Gasteiger partial charge in [-0.1, -0.05) is 18.2 Å². The maximum atomic E-state index is 9.77. The first-order chi connectivity index (χ1) is 9.02. The molecule has 1 rings (SSSR count). The second-order valence-electron chi connectivity index (χ2n) is 5.52. The molecule has 1 aromatic carbocycles. The summed E-state index contributed by atoms with van der Waals surface area (Å²) in [6.45, 7) is 8.66. The van der Waals surface area contributed by atoms with Crippen molar-refractivity contribution in [2.24, 2.45) is 0 Å². The van der Waals surface area contributed by atoms with Crippen molar-refractivity contribution in [2.75, 3.05) is 20.1 Å². The van der Waals surface area contributed by atoms with Gasteiger partial charge in [0.25, 0.3) is 0 Å². The van der Waals surface area contributed by atoms with E-state index in [-0.39, 0.29) is 6.04 Å². The Balaban J connectivity index is 2.21. The van der Waals surface area contributed by atoms with E-state index in [1.807, 2.05) is 18.2 Å². The van der Waals surface area contributed by atoms with Crippen molar-refractivity contribution < 1.29 is 5.11 Å². The summed E-state index contributed by atoms with van der Waals surface area (Å²) in [5.41, 5.74) is 0.974. The molecule has 0 fully saturated rings. The summed E-state index contributed by atoms with van der Waals surface area (Å²) in [5, 5.41) is 13.2. The Morgan fingerprint density at radius 2 is 1.84 bits per heavy atom. The van der Waals surface area contributed by atoms with E-state index in [9.17, 15) is 5.11 Å². The minimum absolute atomic E-state index is 0.198. The summed E-state index contributed by atoms with van der Waals surface area (Å²) in [6, 6.07) is 8.35. The average Bonchev–Trinajstić information content (AvgIpc) is 2.38. The molecule has 0 aliphatic heterocycles. The van der Waals surface area contributed by atoms with Gasteiger partial charge in [0.15, 0.2) is 0 Å². The van der Waals surface area contributed by atoms with Gasteiger partial charge in [-0.2, -0.15) is 0 Å². The number of aromatic hydroxyl groups is 1. The van der Waals surface area contributed by atoms with Gasteiger partial charge in [-0.05, 0) is 59.8 Å². The highest BCUT2D eigenvalue weighted by molar-refractivity contribution is 5.33. The molecule has 2 N–H and O–H groups in total. The van der Waals surface area contributed by atoms with Crippen molar-refractivity contribution in [3.8, 4) is 5.75 Å². The lowest BCUT2D eigenvalue weighted by Gasteiger charge is -2.21. The number of benzene rings is 1. The maximum absolute atomic E-state index is 9.77. The predicted molar refractivity (Wildman–Crippen MR) is 81.5 cm³/mol. The average molecular weight is 264 g/mol. The largest absolute Gasteiger partial charge is 0.508 e. The molecular weight excluding hydrogens is 236 g/mol. The molecular formula is C16H28N2O. The number of hydrogen-bond acceptors (Lipinski definition) is 3. The summed E-state index contributed by atoms with van der Waals surface area (Å²) in [6.07, 6.45) is 2.37. The van der Waals surface area contributed by atoms with E-state index in [0.717, 1.165) is 25.1 Å². The number of phenolic OH excluding ortho intramolecular Hbond substituents is 1. The Hall–Kier alpha value is -1.06. The molecule has 1 atom stereocenters. The van der Waals surface area contributed by atoms with Crippen LogP contribution in [0.15, 0.2) is 24.3 Å². The normalized spacial score (nSPS) is 13.2. The molecule has 0 heterocycles. The van der Waals surface area contributed by atoms with Crippen molar-refractivity contribution in [3.63, 3.8) is 0 Å². The van der Waals surface area contributed by atoms with E-state index in [1.54, 1.807) is 6.07 Å². The summed E-state index contributed by atoms with van der Waals surface area (Å²) in [7, 11) is 2.17. The number of rotatable bonds is 8. The lowest BCUT2D eigenvalue weighted by atomic mass is 10.1. The molecule has 0 amide bonds. The Morgan fingerprint density at radius 3 is 2.47 bits per heavy atom. The Bertz CT molecular complexity index is 366. The molecule has 1 aromatic rings. The van der Waals surface area contributed by atoms with Gasteiger partial charge < -0.3 is 15.3 Å². The van der Waals surface area contributed by atoms with Gasteiger partial charge in [-0.3, -0.25) is 0 Å². The second-order valence-corrected chi connectivity index (χ2v) is 5.52. The minimum Gasteiger partial charge on any atom is -0.508 e. The molecule has 0 spiro atoms. The van der Waals surface area contributed by atoms with Crippen LogP contribution in [0.25, 0.3) is 0 Å². The van der Waals surface area contributed by atoms with Crippen LogP contribution >= 0.6 is 0 Å². The molecule has 0 saturated carbocycles. The molecule has 3 nitrogen and oxygen atoms in total. The maximum Gasteiger partial charge on any atom is 0.120 e. The van der Waals surface area contributed by atoms with Crippen LogP contribution in [-0.4, -0.2) is 36.2 Å². The Kier molecular flexibility index (Phi) is 6.89. The molecule has 0 bridgehead atoms. The first-order valence-electron chi connectivity index (χ1n) is 7.24. The fraction of sp³-hybridized carbons (Fsp3) is 0.625. The van der Waals surface area contributed by atoms with Crippen LogP contribution < -0.4 is 5.32 Å². The van der Waals surface area contributed by atoms with Crippen LogP contribution in [0, 0.1) is 0 Å². The third kappa shape index (κ3) is 5.62. The quantitative estimate of drug-likeness (QED) is 0.708. The summed E-state index contributed by atoms with van der Waals surface area (Å²) in [4.78, 5) is 2.37. The van der Waals surface area contributed by atoms with Crippen molar-refractivity contribution in [1.82, 2.24) is 10.2 Å². The molecule has 0 aromatic heterocycles. The molecule has 0 aliphatic carbocycles. The number of phenols is 1.